The first-order chi connectivity index (χ1) is 16.0. The van der Waals surface area contributed by atoms with Crippen LogP contribution in [-0.2, 0) is 4.74 Å². The molecule has 6 heteroatoms. The van der Waals surface area contributed by atoms with Crippen molar-refractivity contribution in [1.82, 2.24) is 4.98 Å². The number of aryl methyl sites for hydroxylation is 2. The van der Waals surface area contributed by atoms with Gasteiger partial charge in [-0.15, -0.1) is 0 Å². The fraction of sp³-hybridized carbons (Fsp3) is 0.333. The van der Waals surface area contributed by atoms with E-state index in [1.165, 1.54) is 0 Å². The second-order valence-electron chi connectivity index (χ2n) is 9.19. The third-order valence-corrected chi connectivity index (χ3v) is 6.97. The highest BCUT2D eigenvalue weighted by Crippen LogP contribution is 2.39. The lowest BCUT2D eigenvalue weighted by molar-refractivity contribution is -0.0435. The minimum absolute atomic E-state index is 0.0149. The van der Waals surface area contributed by atoms with E-state index in [2.05, 4.69) is 0 Å². The lowest BCUT2D eigenvalue weighted by Crippen LogP contribution is -2.32. The maximum atomic E-state index is 12.4. The van der Waals surface area contributed by atoms with Crippen LogP contribution in [0.1, 0.15) is 47.2 Å². The molecule has 2 saturated heterocycles. The Hall–Kier alpha value is -3.38. The van der Waals surface area contributed by atoms with Crippen LogP contribution in [0.15, 0.2) is 46.9 Å². The highest BCUT2D eigenvalue weighted by atomic mass is 16.5. The van der Waals surface area contributed by atoms with Crippen molar-refractivity contribution in [3.05, 3.63) is 59.2 Å². The molecular weight excluding hydrogens is 418 g/mol. The number of carboxylic acids is 1. The Kier molecular flexibility index (Phi) is 4.66. The van der Waals surface area contributed by atoms with E-state index >= 15 is 0 Å². The van der Waals surface area contributed by atoms with Crippen molar-refractivity contribution in [2.45, 2.75) is 57.8 Å². The van der Waals surface area contributed by atoms with E-state index in [9.17, 15) is 9.90 Å². The molecule has 4 aromatic rings. The summed E-state index contributed by atoms with van der Waals surface area (Å²) in [5.41, 5.74) is 3.89. The third-order valence-electron chi connectivity index (χ3n) is 6.97. The molecule has 0 saturated carbocycles. The Morgan fingerprint density at radius 2 is 1.85 bits per heavy atom. The largest absolute Gasteiger partial charge is 0.489 e. The van der Waals surface area contributed by atoms with Crippen molar-refractivity contribution in [3.63, 3.8) is 0 Å². The zero-order valence-corrected chi connectivity index (χ0v) is 18.6. The zero-order chi connectivity index (χ0) is 22.7. The maximum absolute atomic E-state index is 12.4. The number of ether oxygens (including phenoxy) is 2. The van der Waals surface area contributed by atoms with Gasteiger partial charge >= 0.3 is 5.97 Å². The Morgan fingerprint density at radius 3 is 2.58 bits per heavy atom. The number of rotatable bonds is 4. The number of fused-ring (bicyclic) bond motifs is 4. The molecular formula is C27H25NO5. The standard InChI is InChI=1S/C27H25NO5/c1-14-7-10-23(32-18-11-16-8-9-17(12-18)31-16)24-20(27(29)30)13-21(28-25(14)24)26-15(2)19-5-3-4-6-22(19)33-26/h3-7,10,13,16-18H,8-9,11-12H2,1-2H3,(H,29,30)/t16-,17+,18?. The van der Waals surface area contributed by atoms with Crippen molar-refractivity contribution >= 4 is 27.8 Å². The number of furan rings is 1. The van der Waals surface area contributed by atoms with Crippen molar-refractivity contribution in [1.29, 1.82) is 0 Å². The van der Waals surface area contributed by atoms with Crippen LogP contribution in [0.4, 0.5) is 0 Å². The van der Waals surface area contributed by atoms with Crippen molar-refractivity contribution in [2.24, 2.45) is 0 Å². The smallest absolute Gasteiger partial charge is 0.336 e. The van der Waals surface area contributed by atoms with Crippen molar-refractivity contribution in [2.75, 3.05) is 0 Å². The van der Waals surface area contributed by atoms with Gasteiger partial charge < -0.3 is 19.0 Å². The van der Waals surface area contributed by atoms with Crippen LogP contribution in [0.25, 0.3) is 33.3 Å². The molecule has 2 aromatic heterocycles. The highest BCUT2D eigenvalue weighted by molar-refractivity contribution is 6.07. The number of carboxylic acid groups (broad SMARTS) is 1. The molecule has 33 heavy (non-hydrogen) atoms. The number of carbonyl (C=O) groups is 1. The summed E-state index contributed by atoms with van der Waals surface area (Å²) in [6, 6.07) is 13.2. The second-order valence-corrected chi connectivity index (χ2v) is 9.19. The van der Waals surface area contributed by atoms with Crippen LogP contribution >= 0.6 is 0 Å². The summed E-state index contributed by atoms with van der Waals surface area (Å²) in [6.45, 7) is 3.91. The molecule has 0 radical (unpaired) electrons. The van der Waals surface area contributed by atoms with E-state index in [-0.39, 0.29) is 23.9 Å². The van der Waals surface area contributed by atoms with Crippen LogP contribution in [0.5, 0.6) is 5.75 Å². The molecule has 2 bridgehead atoms. The zero-order valence-electron chi connectivity index (χ0n) is 18.6. The van der Waals surface area contributed by atoms with Gasteiger partial charge in [-0.3, -0.25) is 0 Å². The van der Waals surface area contributed by atoms with Crippen LogP contribution < -0.4 is 4.74 Å². The predicted molar refractivity (Wildman–Crippen MR) is 125 cm³/mol. The number of pyridine rings is 1. The lowest BCUT2D eigenvalue weighted by atomic mass is 10.0. The molecule has 0 spiro atoms. The molecule has 6 rings (SSSR count). The summed E-state index contributed by atoms with van der Waals surface area (Å²) in [6.07, 6.45) is 4.30. The van der Waals surface area contributed by atoms with Crippen molar-refractivity contribution < 1.29 is 23.8 Å². The van der Waals surface area contributed by atoms with E-state index < -0.39 is 5.97 Å². The number of nitrogens with zero attached hydrogens (tertiary/aromatic N) is 1. The molecule has 4 heterocycles. The monoisotopic (exact) mass is 443 g/mol. The predicted octanol–water partition coefficient (Wildman–Crippen LogP) is 6.05. The van der Waals surface area contributed by atoms with Crippen molar-refractivity contribution in [3.8, 4) is 17.2 Å². The summed E-state index contributed by atoms with van der Waals surface area (Å²) in [4.78, 5) is 17.3. The summed E-state index contributed by atoms with van der Waals surface area (Å²) < 4.78 is 18.4. The summed E-state index contributed by atoms with van der Waals surface area (Å²) >= 11 is 0. The SMILES string of the molecule is Cc1c(-c2cc(C(=O)O)c3c(OC4C[C@H]5CC[C@@H](C4)O5)ccc(C)c3n2)oc2ccccc12. The van der Waals surface area contributed by atoms with Crippen LogP contribution in [0, 0.1) is 13.8 Å². The minimum atomic E-state index is -1.01. The summed E-state index contributed by atoms with van der Waals surface area (Å²) in [5, 5.41) is 11.7. The maximum Gasteiger partial charge on any atom is 0.336 e. The fourth-order valence-corrected chi connectivity index (χ4v) is 5.33. The first-order valence-electron chi connectivity index (χ1n) is 11.5. The number of hydrogen-bond acceptors (Lipinski definition) is 5. The van der Waals surface area contributed by atoms with E-state index in [0.29, 0.717) is 28.1 Å². The van der Waals surface area contributed by atoms with Gasteiger partial charge in [-0.2, -0.15) is 0 Å². The average Bonchev–Trinajstić information content (AvgIpc) is 3.33. The van der Waals surface area contributed by atoms with Crippen LogP contribution in [0.3, 0.4) is 0 Å². The number of para-hydroxylation sites is 1. The van der Waals surface area contributed by atoms with Gasteiger partial charge in [0.1, 0.15) is 23.1 Å². The quantitative estimate of drug-likeness (QED) is 0.413. The molecule has 168 valence electrons. The summed E-state index contributed by atoms with van der Waals surface area (Å²) in [5.74, 6) is 0.145. The number of aromatic nitrogens is 1. The van der Waals surface area contributed by atoms with Gasteiger partial charge in [0.15, 0.2) is 5.76 Å². The molecule has 2 aromatic carbocycles. The minimum Gasteiger partial charge on any atom is -0.489 e. The number of aromatic carboxylic acids is 1. The van der Waals surface area contributed by atoms with Gasteiger partial charge in [-0.25, -0.2) is 9.78 Å². The molecule has 3 atom stereocenters. The first-order valence-corrected chi connectivity index (χ1v) is 11.5. The van der Waals surface area contributed by atoms with Gasteiger partial charge in [0.2, 0.25) is 0 Å². The molecule has 1 N–H and O–H groups in total. The fourth-order valence-electron chi connectivity index (χ4n) is 5.33. The average molecular weight is 443 g/mol. The Bertz CT molecular complexity index is 1390. The molecule has 2 fully saturated rings. The van der Waals surface area contributed by atoms with Gasteiger partial charge in [-0.05, 0) is 50.5 Å². The highest BCUT2D eigenvalue weighted by Gasteiger charge is 2.36. The van der Waals surface area contributed by atoms with E-state index in [0.717, 1.165) is 47.8 Å². The van der Waals surface area contributed by atoms with E-state index in [4.69, 9.17) is 18.9 Å². The molecule has 0 aliphatic carbocycles. The second kappa shape index (κ2) is 7.59. The van der Waals surface area contributed by atoms with Gasteiger partial charge in [0.25, 0.3) is 0 Å². The lowest BCUT2D eigenvalue weighted by Gasteiger charge is -2.29. The molecule has 2 aliphatic rings. The van der Waals surface area contributed by atoms with E-state index in [1.54, 1.807) is 6.07 Å². The Labute approximate surface area is 191 Å². The normalized spacial score (nSPS) is 22.2. The molecule has 2 aliphatic heterocycles. The summed E-state index contributed by atoms with van der Waals surface area (Å²) in [7, 11) is 0. The van der Waals surface area contributed by atoms with Gasteiger partial charge in [0, 0.05) is 23.8 Å². The van der Waals surface area contributed by atoms with E-state index in [1.807, 2.05) is 50.2 Å². The first kappa shape index (κ1) is 20.2. The molecule has 6 nitrogen and oxygen atoms in total. The molecule has 1 unspecified atom stereocenters. The third kappa shape index (κ3) is 3.37. The topological polar surface area (TPSA) is 81.8 Å². The van der Waals surface area contributed by atoms with Crippen LogP contribution in [0.2, 0.25) is 0 Å². The Morgan fingerprint density at radius 1 is 1.09 bits per heavy atom. The van der Waals surface area contributed by atoms with Gasteiger partial charge in [-0.1, -0.05) is 24.3 Å². The number of hydrogen-bond donors (Lipinski definition) is 1. The Balaban J connectivity index is 1.50. The van der Waals surface area contributed by atoms with Gasteiger partial charge in [0.05, 0.1) is 28.7 Å². The molecule has 0 amide bonds. The number of benzene rings is 2. The van der Waals surface area contributed by atoms with Crippen LogP contribution in [-0.4, -0.2) is 34.4 Å².